The molecule has 0 aliphatic carbocycles. The van der Waals surface area contributed by atoms with Crippen LogP contribution in [0.3, 0.4) is 0 Å². The minimum Gasteiger partial charge on any atom is -0.351 e. The van der Waals surface area contributed by atoms with E-state index in [0.717, 1.165) is 6.20 Å². The maximum absolute atomic E-state index is 13.7. The van der Waals surface area contributed by atoms with Gasteiger partial charge in [0.25, 0.3) is 0 Å². The molecule has 0 bridgehead atoms. The number of nitrogens with two attached hydrogens (primary N) is 1. The molecule has 0 radical (unpaired) electrons. The standard InChI is InChI=1S/C18H16F3N7O/c1-9-5-15(27-16(25-9)18(2,20)21)26-13-6-14(28-17(22)29)24-8-11(13)12-4-3-10(19)7-23-12/h3-8H,1-2H3,(H4,22,24,25,26,27,28,29). The number of pyridine rings is 2. The summed E-state index contributed by atoms with van der Waals surface area (Å²) in [5, 5.41) is 5.22. The number of aromatic nitrogens is 4. The van der Waals surface area contributed by atoms with E-state index in [1.165, 1.54) is 30.5 Å². The Morgan fingerprint density at radius 1 is 1.10 bits per heavy atom. The van der Waals surface area contributed by atoms with Gasteiger partial charge in [-0.25, -0.2) is 24.1 Å². The lowest BCUT2D eigenvalue weighted by molar-refractivity contribution is 0.00766. The number of carbonyl (C=O) groups excluding carboxylic acids is 1. The summed E-state index contributed by atoms with van der Waals surface area (Å²) in [4.78, 5) is 26.8. The molecule has 3 aromatic rings. The Balaban J connectivity index is 2.07. The monoisotopic (exact) mass is 403 g/mol. The number of primary amides is 1. The second-order valence-electron chi connectivity index (χ2n) is 6.20. The third-order valence-electron chi connectivity index (χ3n) is 3.67. The van der Waals surface area contributed by atoms with Crippen molar-refractivity contribution in [3.8, 4) is 11.3 Å². The molecular weight excluding hydrogens is 387 g/mol. The van der Waals surface area contributed by atoms with E-state index in [4.69, 9.17) is 5.73 Å². The van der Waals surface area contributed by atoms with Crippen LogP contribution in [0, 0.1) is 12.7 Å². The first kappa shape index (κ1) is 20.0. The fourth-order valence-corrected chi connectivity index (χ4v) is 2.46. The van der Waals surface area contributed by atoms with Crippen molar-refractivity contribution in [1.29, 1.82) is 0 Å². The number of hydrogen-bond acceptors (Lipinski definition) is 6. The Kier molecular flexibility index (Phi) is 5.31. The summed E-state index contributed by atoms with van der Waals surface area (Å²) in [5.74, 6) is -4.21. The average Bonchev–Trinajstić information content (AvgIpc) is 2.61. The SMILES string of the molecule is Cc1cc(Nc2cc(NC(N)=O)ncc2-c2ccc(F)cn2)nc(C(C)(F)F)n1. The molecule has 3 aromatic heterocycles. The van der Waals surface area contributed by atoms with Crippen LogP contribution in [0.5, 0.6) is 0 Å². The van der Waals surface area contributed by atoms with Crippen LogP contribution < -0.4 is 16.4 Å². The van der Waals surface area contributed by atoms with E-state index in [1.807, 2.05) is 0 Å². The maximum atomic E-state index is 13.7. The first-order chi connectivity index (χ1) is 13.6. The third kappa shape index (κ3) is 4.94. The molecule has 29 heavy (non-hydrogen) atoms. The number of nitrogens with zero attached hydrogens (tertiary/aromatic N) is 4. The lowest BCUT2D eigenvalue weighted by Gasteiger charge is -2.15. The van der Waals surface area contributed by atoms with Crippen molar-refractivity contribution >= 4 is 23.4 Å². The number of urea groups is 1. The highest BCUT2D eigenvalue weighted by atomic mass is 19.3. The molecule has 0 aromatic carbocycles. The number of alkyl halides is 2. The highest BCUT2D eigenvalue weighted by Crippen LogP contribution is 2.31. The summed E-state index contributed by atoms with van der Waals surface area (Å²) in [6, 6.07) is 4.70. The highest BCUT2D eigenvalue weighted by Gasteiger charge is 2.29. The molecule has 0 saturated carbocycles. The predicted molar refractivity (Wildman–Crippen MR) is 100 cm³/mol. The largest absolute Gasteiger partial charge is 0.351 e. The van der Waals surface area contributed by atoms with Crippen molar-refractivity contribution in [2.45, 2.75) is 19.8 Å². The number of rotatable bonds is 5. The molecule has 3 heterocycles. The molecule has 150 valence electrons. The molecule has 2 amide bonds. The van der Waals surface area contributed by atoms with E-state index in [1.54, 1.807) is 6.92 Å². The second kappa shape index (κ2) is 7.70. The van der Waals surface area contributed by atoms with Gasteiger partial charge in [-0.15, -0.1) is 0 Å². The third-order valence-corrected chi connectivity index (χ3v) is 3.67. The minimum absolute atomic E-state index is 0.0913. The number of amides is 2. The fraction of sp³-hybridized carbons (Fsp3) is 0.167. The van der Waals surface area contributed by atoms with Gasteiger partial charge in [-0.3, -0.25) is 10.3 Å². The van der Waals surface area contributed by atoms with Crippen LogP contribution in [0.4, 0.5) is 35.3 Å². The smallest absolute Gasteiger partial charge is 0.317 e. The molecule has 4 N–H and O–H groups in total. The van der Waals surface area contributed by atoms with E-state index < -0.39 is 23.6 Å². The molecule has 0 unspecified atom stereocenters. The molecule has 0 spiro atoms. The molecular formula is C18H16F3N7O. The molecule has 0 aliphatic heterocycles. The van der Waals surface area contributed by atoms with E-state index in [9.17, 15) is 18.0 Å². The van der Waals surface area contributed by atoms with Gasteiger partial charge in [0.15, 0.2) is 0 Å². The summed E-state index contributed by atoms with van der Waals surface area (Å²) in [7, 11) is 0. The van der Waals surface area contributed by atoms with Crippen LogP contribution >= 0.6 is 0 Å². The molecule has 0 atom stereocenters. The van der Waals surface area contributed by atoms with Gasteiger partial charge in [0.1, 0.15) is 17.5 Å². The lowest BCUT2D eigenvalue weighted by atomic mass is 10.1. The van der Waals surface area contributed by atoms with Crippen molar-refractivity contribution in [3.05, 3.63) is 54.0 Å². The molecule has 8 nitrogen and oxygen atoms in total. The number of hydrogen-bond donors (Lipinski definition) is 3. The number of carbonyl (C=O) groups is 1. The zero-order valence-corrected chi connectivity index (χ0v) is 15.4. The van der Waals surface area contributed by atoms with Crippen LogP contribution in [0.25, 0.3) is 11.3 Å². The van der Waals surface area contributed by atoms with E-state index >= 15 is 0 Å². The number of halogens is 3. The lowest BCUT2D eigenvalue weighted by Crippen LogP contribution is -2.20. The van der Waals surface area contributed by atoms with Gasteiger partial charge in [0.05, 0.1) is 17.6 Å². The van der Waals surface area contributed by atoms with Crippen LogP contribution in [0.2, 0.25) is 0 Å². The quantitative estimate of drug-likeness (QED) is 0.597. The van der Waals surface area contributed by atoms with Gasteiger partial charge in [-0.2, -0.15) is 8.78 Å². The van der Waals surface area contributed by atoms with E-state index in [-0.39, 0.29) is 11.6 Å². The van der Waals surface area contributed by atoms with Crippen LogP contribution in [0.15, 0.2) is 36.7 Å². The second-order valence-corrected chi connectivity index (χ2v) is 6.20. The van der Waals surface area contributed by atoms with Crippen LogP contribution in [0.1, 0.15) is 18.4 Å². The topological polar surface area (TPSA) is 119 Å². The molecule has 3 rings (SSSR count). The Morgan fingerprint density at radius 2 is 1.86 bits per heavy atom. The number of aryl methyl sites for hydroxylation is 1. The first-order valence-electron chi connectivity index (χ1n) is 8.31. The van der Waals surface area contributed by atoms with Crippen LogP contribution in [-0.4, -0.2) is 26.0 Å². The van der Waals surface area contributed by atoms with E-state index in [0.29, 0.717) is 29.6 Å². The van der Waals surface area contributed by atoms with Crippen LogP contribution in [-0.2, 0) is 5.92 Å². The van der Waals surface area contributed by atoms with E-state index in [2.05, 4.69) is 30.6 Å². The van der Waals surface area contributed by atoms with Crippen molar-refractivity contribution in [2.75, 3.05) is 10.6 Å². The molecule has 11 heteroatoms. The highest BCUT2D eigenvalue weighted by molar-refractivity contribution is 5.89. The zero-order valence-electron chi connectivity index (χ0n) is 15.4. The summed E-state index contributed by atoms with van der Waals surface area (Å²) in [6.45, 7) is 2.25. The molecule has 0 fully saturated rings. The number of anilines is 3. The van der Waals surface area contributed by atoms with Gasteiger partial charge < -0.3 is 11.1 Å². The summed E-state index contributed by atoms with van der Waals surface area (Å²) < 4.78 is 40.6. The fourth-order valence-electron chi connectivity index (χ4n) is 2.46. The summed E-state index contributed by atoms with van der Waals surface area (Å²) in [6.07, 6.45) is 2.40. The number of nitrogens with one attached hydrogen (secondary N) is 2. The minimum atomic E-state index is -3.24. The van der Waals surface area contributed by atoms with Gasteiger partial charge in [0, 0.05) is 36.5 Å². The van der Waals surface area contributed by atoms with Crippen molar-refractivity contribution in [1.82, 2.24) is 19.9 Å². The van der Waals surface area contributed by atoms with Crippen molar-refractivity contribution in [2.24, 2.45) is 5.73 Å². The Hall–Kier alpha value is -3.76. The predicted octanol–water partition coefficient (Wildman–Crippen LogP) is 3.73. The summed E-state index contributed by atoms with van der Waals surface area (Å²) in [5.41, 5.74) is 6.54. The van der Waals surface area contributed by atoms with Crippen molar-refractivity contribution < 1.29 is 18.0 Å². The Bertz CT molecular complexity index is 1050. The average molecular weight is 403 g/mol. The van der Waals surface area contributed by atoms with Gasteiger partial charge in [0.2, 0.25) is 5.82 Å². The summed E-state index contributed by atoms with van der Waals surface area (Å²) >= 11 is 0. The Morgan fingerprint density at radius 3 is 2.48 bits per heavy atom. The first-order valence-corrected chi connectivity index (χ1v) is 8.31. The zero-order chi connectivity index (χ0) is 21.2. The molecule has 0 saturated heterocycles. The van der Waals surface area contributed by atoms with Crippen molar-refractivity contribution in [3.63, 3.8) is 0 Å². The molecule has 0 aliphatic rings. The van der Waals surface area contributed by atoms with Gasteiger partial charge >= 0.3 is 12.0 Å². The van der Waals surface area contributed by atoms with Gasteiger partial charge in [-0.1, -0.05) is 0 Å². The Labute approximate surface area is 163 Å². The maximum Gasteiger partial charge on any atom is 0.317 e. The van der Waals surface area contributed by atoms with Gasteiger partial charge in [-0.05, 0) is 19.1 Å². The normalized spacial score (nSPS) is 11.2.